The van der Waals surface area contributed by atoms with E-state index < -0.39 is 0 Å². The predicted octanol–water partition coefficient (Wildman–Crippen LogP) is 2.24. The van der Waals surface area contributed by atoms with Crippen molar-refractivity contribution in [1.29, 1.82) is 0 Å². The Hall–Kier alpha value is -3.15. The first kappa shape index (κ1) is 18.2. The van der Waals surface area contributed by atoms with E-state index in [0.717, 1.165) is 44.1 Å². The predicted molar refractivity (Wildman–Crippen MR) is 109 cm³/mol. The van der Waals surface area contributed by atoms with E-state index in [9.17, 15) is 4.79 Å². The lowest BCUT2D eigenvalue weighted by Crippen LogP contribution is -2.48. The minimum atomic E-state index is 0.0368. The number of hydrogen-bond donors (Lipinski definition) is 1. The summed E-state index contributed by atoms with van der Waals surface area (Å²) in [6.07, 6.45) is 2.65. The smallest absolute Gasteiger partial charge is 0.239 e. The normalized spacial score (nSPS) is 14.1. The molecule has 1 amide bonds. The first-order valence-electron chi connectivity index (χ1n) is 9.81. The number of hydrogen-bond acceptors (Lipinski definition) is 4. The molecule has 1 fully saturated rings. The van der Waals surface area contributed by atoms with Crippen molar-refractivity contribution < 1.29 is 4.79 Å². The summed E-state index contributed by atoms with van der Waals surface area (Å²) < 4.78 is 2.19. The zero-order chi connectivity index (χ0) is 19.2. The van der Waals surface area contributed by atoms with Gasteiger partial charge in [-0.2, -0.15) is 0 Å². The van der Waals surface area contributed by atoms with Gasteiger partial charge in [-0.05, 0) is 24.0 Å². The Morgan fingerprint density at radius 2 is 1.54 bits per heavy atom. The molecule has 2 aromatic carbocycles. The molecule has 1 aliphatic heterocycles. The number of anilines is 1. The largest absolute Gasteiger partial charge is 0.353 e. The van der Waals surface area contributed by atoms with Crippen LogP contribution in [0.25, 0.3) is 0 Å². The molecule has 0 atom stereocenters. The van der Waals surface area contributed by atoms with E-state index in [4.69, 9.17) is 0 Å². The minimum Gasteiger partial charge on any atom is -0.353 e. The highest BCUT2D eigenvalue weighted by atomic mass is 16.2. The monoisotopic (exact) mass is 375 g/mol. The van der Waals surface area contributed by atoms with Crippen molar-refractivity contribution in [2.45, 2.75) is 25.8 Å². The number of aromatic nitrogens is 3. The van der Waals surface area contributed by atoms with Crippen molar-refractivity contribution >= 4 is 11.9 Å². The quantitative estimate of drug-likeness (QED) is 0.688. The van der Waals surface area contributed by atoms with Crippen molar-refractivity contribution in [1.82, 2.24) is 20.1 Å². The lowest BCUT2D eigenvalue weighted by Gasteiger charge is -2.27. The van der Waals surface area contributed by atoms with E-state index in [1.807, 2.05) is 17.0 Å². The molecule has 0 unspecified atom stereocenters. The maximum atomic E-state index is 11.8. The Balaban J connectivity index is 1.54. The van der Waals surface area contributed by atoms with Crippen LogP contribution >= 0.6 is 0 Å². The van der Waals surface area contributed by atoms with Crippen molar-refractivity contribution in [3.05, 3.63) is 77.6 Å². The van der Waals surface area contributed by atoms with Crippen LogP contribution in [0.2, 0.25) is 0 Å². The second-order valence-electron chi connectivity index (χ2n) is 7.06. The first-order chi connectivity index (χ1) is 13.8. The van der Waals surface area contributed by atoms with Crippen LogP contribution in [0.5, 0.6) is 0 Å². The molecule has 0 radical (unpaired) electrons. The fourth-order valence-electron chi connectivity index (χ4n) is 3.57. The highest BCUT2D eigenvalue weighted by Crippen LogP contribution is 2.17. The zero-order valence-electron chi connectivity index (χ0n) is 15.9. The number of nitrogens with zero attached hydrogens (tertiary/aromatic N) is 4. The number of piperazine rings is 1. The van der Waals surface area contributed by atoms with Crippen LogP contribution < -0.4 is 10.2 Å². The van der Waals surface area contributed by atoms with Crippen LogP contribution in [0, 0.1) is 0 Å². The van der Waals surface area contributed by atoms with Crippen LogP contribution in [-0.4, -0.2) is 40.3 Å². The van der Waals surface area contributed by atoms with E-state index >= 15 is 0 Å². The van der Waals surface area contributed by atoms with Gasteiger partial charge in [0.05, 0.1) is 6.54 Å². The number of carbonyl (C=O) groups excluding carboxylic acids is 1. The Labute approximate surface area is 165 Å². The van der Waals surface area contributed by atoms with E-state index in [1.54, 1.807) is 0 Å². The Kier molecular flexibility index (Phi) is 5.66. The molecule has 4 rings (SSSR count). The van der Waals surface area contributed by atoms with Gasteiger partial charge in [0, 0.05) is 26.1 Å². The van der Waals surface area contributed by atoms with Crippen molar-refractivity contribution in [2.24, 2.45) is 0 Å². The SMILES string of the molecule is O=C1CN(c2nnc(CCc3ccccc3)n2CCc2ccccc2)CCN1. The highest BCUT2D eigenvalue weighted by Gasteiger charge is 2.23. The van der Waals surface area contributed by atoms with E-state index in [2.05, 4.69) is 68.6 Å². The fourth-order valence-corrected chi connectivity index (χ4v) is 3.57. The molecule has 2 heterocycles. The summed E-state index contributed by atoms with van der Waals surface area (Å²) in [5.41, 5.74) is 2.58. The Morgan fingerprint density at radius 1 is 0.857 bits per heavy atom. The molecule has 1 aromatic heterocycles. The van der Waals surface area contributed by atoms with Gasteiger partial charge in [0.15, 0.2) is 0 Å². The molecule has 0 aliphatic carbocycles. The van der Waals surface area contributed by atoms with Gasteiger partial charge in [0.2, 0.25) is 11.9 Å². The lowest BCUT2D eigenvalue weighted by molar-refractivity contribution is -0.120. The van der Waals surface area contributed by atoms with E-state index in [0.29, 0.717) is 13.1 Å². The molecule has 1 saturated heterocycles. The maximum absolute atomic E-state index is 11.8. The fraction of sp³-hybridized carbons (Fsp3) is 0.318. The summed E-state index contributed by atoms with van der Waals surface area (Å²) in [6, 6.07) is 20.9. The number of benzene rings is 2. The Bertz CT molecular complexity index is 907. The maximum Gasteiger partial charge on any atom is 0.239 e. The molecule has 0 saturated carbocycles. The average molecular weight is 375 g/mol. The summed E-state index contributed by atoms with van der Waals surface area (Å²) in [6.45, 7) is 2.54. The van der Waals surface area contributed by atoms with Gasteiger partial charge in [-0.3, -0.25) is 9.36 Å². The lowest BCUT2D eigenvalue weighted by atomic mass is 10.1. The third-order valence-electron chi connectivity index (χ3n) is 5.08. The van der Waals surface area contributed by atoms with Crippen LogP contribution in [0.3, 0.4) is 0 Å². The number of rotatable bonds is 7. The van der Waals surface area contributed by atoms with Gasteiger partial charge in [-0.25, -0.2) is 0 Å². The van der Waals surface area contributed by atoms with Crippen molar-refractivity contribution in [3.63, 3.8) is 0 Å². The van der Waals surface area contributed by atoms with Crippen molar-refractivity contribution in [2.75, 3.05) is 24.5 Å². The summed E-state index contributed by atoms with van der Waals surface area (Å²) in [5, 5.41) is 11.8. The van der Waals surface area contributed by atoms with Gasteiger partial charge in [0.25, 0.3) is 0 Å². The van der Waals surface area contributed by atoms with E-state index in [1.165, 1.54) is 11.1 Å². The van der Waals surface area contributed by atoms with Gasteiger partial charge in [-0.15, -0.1) is 10.2 Å². The summed E-state index contributed by atoms with van der Waals surface area (Å²) >= 11 is 0. The summed E-state index contributed by atoms with van der Waals surface area (Å²) in [5.74, 6) is 1.81. The van der Waals surface area contributed by atoms with Crippen LogP contribution in [0.15, 0.2) is 60.7 Å². The number of nitrogens with one attached hydrogen (secondary N) is 1. The average Bonchev–Trinajstić information content (AvgIpc) is 3.15. The van der Waals surface area contributed by atoms with E-state index in [-0.39, 0.29) is 5.91 Å². The molecule has 1 N–H and O–H groups in total. The Morgan fingerprint density at radius 3 is 2.21 bits per heavy atom. The van der Waals surface area contributed by atoms with Crippen molar-refractivity contribution in [3.8, 4) is 0 Å². The molecule has 3 aromatic rings. The molecule has 1 aliphatic rings. The van der Waals surface area contributed by atoms with Crippen LogP contribution in [0.4, 0.5) is 5.95 Å². The topological polar surface area (TPSA) is 63.1 Å². The molecular weight excluding hydrogens is 350 g/mol. The second kappa shape index (κ2) is 8.69. The zero-order valence-corrected chi connectivity index (χ0v) is 15.9. The van der Waals surface area contributed by atoms with Gasteiger partial charge in [0.1, 0.15) is 5.82 Å². The molecule has 144 valence electrons. The molecular formula is C22H25N5O. The van der Waals surface area contributed by atoms with Gasteiger partial charge >= 0.3 is 0 Å². The minimum absolute atomic E-state index is 0.0368. The standard InChI is InChI=1S/C22H25N5O/c28-21-17-26(16-14-23-21)22-25-24-20(12-11-18-7-3-1-4-8-18)27(22)15-13-19-9-5-2-6-10-19/h1-10H,11-17H2,(H,23,28). The number of carbonyl (C=O) groups is 1. The summed E-state index contributed by atoms with van der Waals surface area (Å²) in [4.78, 5) is 13.9. The van der Waals surface area contributed by atoms with Gasteiger partial charge in [-0.1, -0.05) is 60.7 Å². The summed E-state index contributed by atoms with van der Waals surface area (Å²) in [7, 11) is 0. The first-order valence-corrected chi connectivity index (χ1v) is 9.81. The molecule has 6 nitrogen and oxygen atoms in total. The second-order valence-corrected chi connectivity index (χ2v) is 7.06. The third kappa shape index (κ3) is 4.39. The number of amides is 1. The molecule has 28 heavy (non-hydrogen) atoms. The highest BCUT2D eigenvalue weighted by molar-refractivity contribution is 5.81. The van der Waals surface area contributed by atoms with Crippen LogP contribution in [0.1, 0.15) is 17.0 Å². The van der Waals surface area contributed by atoms with Gasteiger partial charge < -0.3 is 10.2 Å². The molecule has 0 bridgehead atoms. The van der Waals surface area contributed by atoms with Crippen LogP contribution in [-0.2, 0) is 30.6 Å². The molecule has 0 spiro atoms. The third-order valence-corrected chi connectivity index (χ3v) is 5.08. The number of aryl methyl sites for hydroxylation is 3. The molecule has 6 heteroatoms.